The van der Waals surface area contributed by atoms with E-state index < -0.39 is 16.9 Å². The van der Waals surface area contributed by atoms with E-state index in [9.17, 15) is 24.5 Å². The van der Waals surface area contributed by atoms with Crippen LogP contribution in [0.2, 0.25) is 0 Å². The minimum absolute atomic E-state index is 0.0173. The summed E-state index contributed by atoms with van der Waals surface area (Å²) in [6.07, 6.45) is 5.60. The van der Waals surface area contributed by atoms with E-state index in [2.05, 4.69) is 33.7 Å². The van der Waals surface area contributed by atoms with Crippen molar-refractivity contribution in [2.75, 3.05) is 13.1 Å². The van der Waals surface area contributed by atoms with Gasteiger partial charge in [0.2, 0.25) is 5.91 Å². The second-order valence-corrected chi connectivity index (χ2v) is 11.5. The van der Waals surface area contributed by atoms with Gasteiger partial charge in [-0.2, -0.15) is 0 Å². The molecule has 1 aliphatic carbocycles. The molecule has 0 spiro atoms. The molecule has 9 heteroatoms. The number of carbonyl (C=O) groups is 3. The van der Waals surface area contributed by atoms with E-state index in [4.69, 9.17) is 0 Å². The van der Waals surface area contributed by atoms with Gasteiger partial charge < -0.3 is 10.6 Å². The molecule has 1 fully saturated rings. The Balaban J connectivity index is 1.40. The second-order valence-electron chi connectivity index (χ2n) is 11.5. The molecule has 1 saturated carbocycles. The van der Waals surface area contributed by atoms with E-state index in [0.717, 1.165) is 38.8 Å². The quantitative estimate of drug-likeness (QED) is 0.335. The molecular weight excluding hydrogens is 508 g/mol. The molecule has 214 valence electrons. The number of benzene rings is 2. The molecule has 2 aromatic carbocycles. The van der Waals surface area contributed by atoms with E-state index >= 15 is 0 Å². The number of Topliss-reactive ketones (excluding diaryl/α,β-unsaturated/α-hetero) is 1. The summed E-state index contributed by atoms with van der Waals surface area (Å²) in [4.78, 5) is 52.6. The first kappa shape index (κ1) is 29.4. The minimum Gasteiger partial charge on any atom is -0.349 e. The van der Waals surface area contributed by atoms with Crippen molar-refractivity contribution in [2.24, 2.45) is 11.8 Å². The van der Waals surface area contributed by atoms with Crippen molar-refractivity contribution in [3.05, 3.63) is 75.3 Å². The zero-order chi connectivity index (χ0) is 28.6. The van der Waals surface area contributed by atoms with Gasteiger partial charge in [0.1, 0.15) is 0 Å². The van der Waals surface area contributed by atoms with Gasteiger partial charge in [0, 0.05) is 30.3 Å². The number of non-ortho nitro benzene ring substituents is 1. The molecular formula is C31H40N4O5. The predicted octanol–water partition coefficient (Wildman–Crippen LogP) is 4.43. The van der Waals surface area contributed by atoms with Crippen molar-refractivity contribution >= 4 is 23.3 Å². The van der Waals surface area contributed by atoms with Crippen LogP contribution in [0, 0.1) is 22.0 Å². The molecule has 1 heterocycles. The van der Waals surface area contributed by atoms with Crippen molar-refractivity contribution < 1.29 is 19.3 Å². The largest absolute Gasteiger partial charge is 0.349 e. The lowest BCUT2D eigenvalue weighted by Gasteiger charge is -2.33. The topological polar surface area (TPSA) is 122 Å². The highest BCUT2D eigenvalue weighted by Gasteiger charge is 2.35. The highest BCUT2D eigenvalue weighted by Crippen LogP contribution is 2.26. The van der Waals surface area contributed by atoms with Gasteiger partial charge in [-0.15, -0.1) is 0 Å². The van der Waals surface area contributed by atoms with Crippen LogP contribution in [0.5, 0.6) is 0 Å². The van der Waals surface area contributed by atoms with Crippen molar-refractivity contribution in [1.29, 1.82) is 0 Å². The van der Waals surface area contributed by atoms with Crippen LogP contribution in [0.3, 0.4) is 0 Å². The van der Waals surface area contributed by atoms with Crippen LogP contribution in [-0.2, 0) is 22.6 Å². The van der Waals surface area contributed by atoms with Gasteiger partial charge in [-0.05, 0) is 67.8 Å². The number of hydrogen-bond acceptors (Lipinski definition) is 6. The fourth-order valence-corrected chi connectivity index (χ4v) is 5.86. The van der Waals surface area contributed by atoms with E-state index in [0.29, 0.717) is 24.8 Å². The molecule has 3 atom stereocenters. The van der Waals surface area contributed by atoms with Gasteiger partial charge in [0.05, 0.1) is 23.4 Å². The molecule has 40 heavy (non-hydrogen) atoms. The van der Waals surface area contributed by atoms with Crippen molar-refractivity contribution in [1.82, 2.24) is 15.5 Å². The van der Waals surface area contributed by atoms with Crippen LogP contribution in [-0.4, -0.2) is 52.6 Å². The number of hydrogen-bond donors (Lipinski definition) is 2. The van der Waals surface area contributed by atoms with Gasteiger partial charge in [0.25, 0.3) is 11.6 Å². The molecule has 1 aliphatic heterocycles. The number of carbonyl (C=O) groups excluding carboxylic acids is 3. The van der Waals surface area contributed by atoms with Crippen LogP contribution in [0.4, 0.5) is 5.69 Å². The maximum absolute atomic E-state index is 13.6. The highest BCUT2D eigenvalue weighted by atomic mass is 16.6. The number of rotatable bonds is 10. The molecule has 2 aromatic rings. The second kappa shape index (κ2) is 13.7. The number of ketones is 1. The summed E-state index contributed by atoms with van der Waals surface area (Å²) in [5.41, 5.74) is 2.81. The molecule has 2 aliphatic rings. The lowest BCUT2D eigenvalue weighted by atomic mass is 9.83. The lowest BCUT2D eigenvalue weighted by Crippen LogP contribution is -2.53. The number of nitro benzene ring substituents is 1. The molecule has 0 bridgehead atoms. The van der Waals surface area contributed by atoms with Crippen LogP contribution in [0.15, 0.2) is 48.5 Å². The third-order valence-electron chi connectivity index (χ3n) is 7.98. The summed E-state index contributed by atoms with van der Waals surface area (Å²) in [6, 6.07) is 12.9. The first-order valence-corrected chi connectivity index (χ1v) is 14.4. The molecule has 0 saturated heterocycles. The Morgan fingerprint density at radius 3 is 2.40 bits per heavy atom. The van der Waals surface area contributed by atoms with E-state index in [1.54, 1.807) is 0 Å². The number of fused-ring (bicyclic) bond motifs is 1. The average Bonchev–Trinajstić information content (AvgIpc) is 3.14. The minimum atomic E-state index is -0.584. The van der Waals surface area contributed by atoms with Crippen LogP contribution in [0.1, 0.15) is 73.9 Å². The summed E-state index contributed by atoms with van der Waals surface area (Å²) in [5, 5.41) is 17.0. The number of aryl methyl sites for hydroxylation is 1. The van der Waals surface area contributed by atoms with Crippen molar-refractivity contribution in [2.45, 2.75) is 77.4 Å². The number of amides is 2. The molecule has 0 aromatic heterocycles. The summed E-state index contributed by atoms with van der Waals surface area (Å²) >= 11 is 0. The van der Waals surface area contributed by atoms with Crippen molar-refractivity contribution in [3.63, 3.8) is 0 Å². The lowest BCUT2D eigenvalue weighted by molar-refractivity contribution is -0.384. The highest BCUT2D eigenvalue weighted by molar-refractivity contribution is 5.95. The Labute approximate surface area is 235 Å². The fraction of sp³-hybridized carbons (Fsp3) is 0.516. The zero-order valence-electron chi connectivity index (χ0n) is 23.4. The summed E-state index contributed by atoms with van der Waals surface area (Å²) in [5.74, 6) is -0.764. The summed E-state index contributed by atoms with van der Waals surface area (Å²) in [6.45, 7) is 5.94. The maximum atomic E-state index is 13.6. The molecule has 0 radical (unpaired) electrons. The monoisotopic (exact) mass is 548 g/mol. The van der Waals surface area contributed by atoms with E-state index in [1.807, 2.05) is 19.9 Å². The van der Waals surface area contributed by atoms with Gasteiger partial charge in [-0.25, -0.2) is 0 Å². The van der Waals surface area contributed by atoms with Crippen LogP contribution < -0.4 is 10.6 Å². The number of nitrogens with zero attached hydrogens (tertiary/aromatic N) is 2. The van der Waals surface area contributed by atoms with E-state index in [1.165, 1.54) is 35.4 Å². The summed E-state index contributed by atoms with van der Waals surface area (Å²) in [7, 11) is 0. The Kier molecular flexibility index (Phi) is 10.0. The Bertz CT molecular complexity index is 1210. The Morgan fingerprint density at radius 1 is 1.00 bits per heavy atom. The standard InChI is InChI=1S/C31H40N4O5/c1-21(2)18-28(29(36)20-34-17-7-10-22-8-3-4-9-24(22)19-34)33-31(38)26-11-5-6-12-27(26)32-30(37)23-13-15-25(16-14-23)35(39)40/h3-4,8-9,13-16,21,26-28H,5-7,10-12,17-20H2,1-2H3,(H,32,37)(H,33,38)/t26-,27+,28+/m1/s1. The molecule has 2 amide bonds. The third kappa shape index (κ3) is 7.75. The molecule has 4 rings (SSSR count). The Morgan fingerprint density at radius 2 is 1.70 bits per heavy atom. The van der Waals surface area contributed by atoms with Gasteiger partial charge in [-0.3, -0.25) is 29.4 Å². The first-order chi connectivity index (χ1) is 19.2. The smallest absolute Gasteiger partial charge is 0.269 e. The maximum Gasteiger partial charge on any atom is 0.269 e. The van der Waals surface area contributed by atoms with Crippen molar-refractivity contribution in [3.8, 4) is 0 Å². The van der Waals surface area contributed by atoms with E-state index in [-0.39, 0.29) is 41.8 Å². The van der Waals surface area contributed by atoms with Crippen LogP contribution >= 0.6 is 0 Å². The fourth-order valence-electron chi connectivity index (χ4n) is 5.86. The molecule has 0 unspecified atom stereocenters. The zero-order valence-corrected chi connectivity index (χ0v) is 23.4. The average molecular weight is 549 g/mol. The Hall–Kier alpha value is -3.59. The normalized spacial score (nSPS) is 20.2. The first-order valence-electron chi connectivity index (χ1n) is 14.4. The number of nitrogens with one attached hydrogen (secondary N) is 2. The van der Waals surface area contributed by atoms with Gasteiger partial charge in [0.15, 0.2) is 5.78 Å². The number of nitro groups is 1. The summed E-state index contributed by atoms with van der Waals surface area (Å²) < 4.78 is 0. The molecule has 9 nitrogen and oxygen atoms in total. The predicted molar refractivity (Wildman–Crippen MR) is 153 cm³/mol. The van der Waals surface area contributed by atoms with Gasteiger partial charge in [-0.1, -0.05) is 51.0 Å². The van der Waals surface area contributed by atoms with Gasteiger partial charge >= 0.3 is 0 Å². The van der Waals surface area contributed by atoms with Crippen LogP contribution in [0.25, 0.3) is 0 Å². The third-order valence-corrected chi connectivity index (χ3v) is 7.98. The SMILES string of the molecule is CC(C)C[C@H](NC(=O)[C@@H]1CCCC[C@@H]1NC(=O)c1ccc([N+](=O)[O-])cc1)C(=O)CN1CCCc2ccccc2C1. The molecule has 2 N–H and O–H groups in total.